The van der Waals surface area contributed by atoms with E-state index >= 15 is 0 Å². The first-order chi connectivity index (χ1) is 17.7. The fourth-order valence-electron chi connectivity index (χ4n) is 3.31. The van der Waals surface area contributed by atoms with E-state index in [9.17, 15) is 26.3 Å². The lowest BCUT2D eigenvalue weighted by Crippen LogP contribution is -2.38. The molecule has 4 nitrogen and oxygen atoms in total. The molecule has 0 aromatic heterocycles. The fraction of sp³-hybridized carbons (Fsp3) is 0.500. The molecule has 0 heterocycles. The topological polar surface area (TPSA) is 53.7 Å². The molecule has 2 aromatic rings. The summed E-state index contributed by atoms with van der Waals surface area (Å²) < 4.78 is 94.0. The first-order valence-electron chi connectivity index (χ1n) is 12.2. The predicted octanol–water partition coefficient (Wildman–Crippen LogP) is 8.03. The first kappa shape index (κ1) is 33.6. The van der Waals surface area contributed by atoms with Crippen LogP contribution in [0.5, 0.6) is 0 Å². The van der Waals surface area contributed by atoms with Gasteiger partial charge in [-0.25, -0.2) is 0 Å². The van der Waals surface area contributed by atoms with Gasteiger partial charge in [0.05, 0.1) is 29.4 Å². The normalized spacial score (nSPS) is 14.8. The lowest BCUT2D eigenvalue weighted by atomic mass is 9.94. The van der Waals surface area contributed by atoms with E-state index in [0.717, 1.165) is 12.0 Å². The molecule has 2 N–H and O–H groups in total. The van der Waals surface area contributed by atoms with Crippen molar-refractivity contribution in [1.29, 1.82) is 0 Å². The van der Waals surface area contributed by atoms with Crippen molar-refractivity contribution in [2.45, 2.75) is 71.3 Å². The average molecular weight is 550 g/mol. The molecular weight excluding hydrogens is 512 g/mol. The molecule has 0 saturated carbocycles. The molecule has 0 amide bonds. The van der Waals surface area contributed by atoms with Gasteiger partial charge in [0.25, 0.3) is 0 Å². The summed E-state index contributed by atoms with van der Waals surface area (Å²) >= 11 is 0. The SMILES string of the molecule is C/C=C\CC(OCC)OCC.CC(OC[C@@](C)(N)c1ccccc1)c1cc(C(F)(F)F)cc(C(F)(F)F)c1. The third kappa shape index (κ3) is 11.6. The van der Waals surface area contributed by atoms with Gasteiger partial charge in [-0.15, -0.1) is 0 Å². The van der Waals surface area contributed by atoms with Gasteiger partial charge in [-0.2, -0.15) is 26.3 Å². The maximum absolute atomic E-state index is 13.0. The lowest BCUT2D eigenvalue weighted by molar-refractivity contribution is -0.143. The van der Waals surface area contributed by atoms with E-state index in [0.29, 0.717) is 25.3 Å². The number of rotatable bonds is 11. The summed E-state index contributed by atoms with van der Waals surface area (Å²) in [7, 11) is 0. The van der Waals surface area contributed by atoms with Crippen LogP contribution in [0.4, 0.5) is 26.3 Å². The van der Waals surface area contributed by atoms with Crippen molar-refractivity contribution in [3.05, 3.63) is 82.9 Å². The Morgan fingerprint density at radius 3 is 1.74 bits per heavy atom. The van der Waals surface area contributed by atoms with Crippen molar-refractivity contribution in [2.75, 3.05) is 19.8 Å². The minimum Gasteiger partial charge on any atom is -0.372 e. The van der Waals surface area contributed by atoms with E-state index in [4.69, 9.17) is 19.9 Å². The molecule has 0 bridgehead atoms. The van der Waals surface area contributed by atoms with Crippen LogP contribution in [-0.4, -0.2) is 26.1 Å². The maximum Gasteiger partial charge on any atom is 0.416 e. The van der Waals surface area contributed by atoms with Crippen LogP contribution in [0.15, 0.2) is 60.7 Å². The standard InChI is InChI=1S/C19H19F6NO.C9H18O2/c1-12(27-11-17(2,26)14-6-4-3-5-7-14)13-8-15(18(20,21)22)10-16(9-13)19(23,24)25;1-4-7-8-9(10-5-2)11-6-3/h3-10,12H,11,26H2,1-2H3;4,7,9H,5-6,8H2,1-3H3/b;7-4-/t12?,17-;/m1./s1. The van der Waals surface area contributed by atoms with Crippen LogP contribution in [0, 0.1) is 0 Å². The second-order valence-corrected chi connectivity index (χ2v) is 8.72. The van der Waals surface area contributed by atoms with Crippen LogP contribution in [0.25, 0.3) is 0 Å². The van der Waals surface area contributed by atoms with E-state index in [2.05, 4.69) is 6.08 Å². The molecule has 2 aromatic carbocycles. The fourth-order valence-corrected chi connectivity index (χ4v) is 3.31. The molecule has 38 heavy (non-hydrogen) atoms. The van der Waals surface area contributed by atoms with E-state index in [1.165, 1.54) is 6.92 Å². The second kappa shape index (κ2) is 15.3. The van der Waals surface area contributed by atoms with Crippen LogP contribution >= 0.6 is 0 Å². The van der Waals surface area contributed by atoms with Gasteiger partial charge in [-0.3, -0.25) is 0 Å². The van der Waals surface area contributed by atoms with Gasteiger partial charge in [-0.1, -0.05) is 42.5 Å². The molecule has 0 radical (unpaired) electrons. The maximum atomic E-state index is 13.0. The molecule has 0 aliphatic heterocycles. The number of alkyl halides is 6. The van der Waals surface area contributed by atoms with Crippen molar-refractivity contribution in [1.82, 2.24) is 0 Å². The van der Waals surface area contributed by atoms with Crippen molar-refractivity contribution in [3.8, 4) is 0 Å². The molecule has 0 aliphatic carbocycles. The Morgan fingerprint density at radius 1 is 0.816 bits per heavy atom. The molecular formula is C28H37F6NO3. The molecule has 2 rings (SSSR count). The zero-order valence-corrected chi connectivity index (χ0v) is 22.3. The summed E-state index contributed by atoms with van der Waals surface area (Å²) in [6, 6.07) is 10.3. The van der Waals surface area contributed by atoms with Crippen molar-refractivity contribution in [3.63, 3.8) is 0 Å². The van der Waals surface area contributed by atoms with Crippen molar-refractivity contribution in [2.24, 2.45) is 5.73 Å². The van der Waals surface area contributed by atoms with E-state index in [1.54, 1.807) is 37.3 Å². The van der Waals surface area contributed by atoms with Gasteiger partial charge in [0, 0.05) is 19.6 Å². The van der Waals surface area contributed by atoms with Crippen LogP contribution in [0.3, 0.4) is 0 Å². The Labute approximate surface area is 220 Å². The summed E-state index contributed by atoms with van der Waals surface area (Å²) in [5.74, 6) is 0. The first-order valence-corrected chi connectivity index (χ1v) is 12.2. The smallest absolute Gasteiger partial charge is 0.372 e. The van der Waals surface area contributed by atoms with Crippen molar-refractivity contribution < 1.29 is 40.6 Å². The third-order valence-corrected chi connectivity index (χ3v) is 5.42. The highest BCUT2D eigenvalue weighted by Gasteiger charge is 2.37. The third-order valence-electron chi connectivity index (χ3n) is 5.42. The van der Waals surface area contributed by atoms with Crippen LogP contribution in [0.1, 0.15) is 69.4 Å². The molecule has 0 aliphatic rings. The molecule has 0 spiro atoms. The average Bonchev–Trinajstić information content (AvgIpc) is 2.86. The number of halogens is 6. The highest BCUT2D eigenvalue weighted by atomic mass is 19.4. The predicted molar refractivity (Wildman–Crippen MR) is 135 cm³/mol. The van der Waals surface area contributed by atoms with Crippen molar-refractivity contribution >= 4 is 0 Å². The van der Waals surface area contributed by atoms with Crippen LogP contribution < -0.4 is 5.73 Å². The van der Waals surface area contributed by atoms with Gasteiger partial charge in [-0.05, 0) is 63.9 Å². The summed E-state index contributed by atoms with van der Waals surface area (Å²) in [5, 5.41) is 0. The summed E-state index contributed by atoms with van der Waals surface area (Å²) in [4.78, 5) is 0. The summed E-state index contributed by atoms with van der Waals surface area (Å²) in [6.45, 7) is 10.3. The highest BCUT2D eigenvalue weighted by Crippen LogP contribution is 2.38. The zero-order chi connectivity index (χ0) is 29.0. The lowest BCUT2D eigenvalue weighted by Gasteiger charge is -2.27. The highest BCUT2D eigenvalue weighted by molar-refractivity contribution is 5.34. The molecule has 1 unspecified atom stereocenters. The van der Waals surface area contributed by atoms with Gasteiger partial charge < -0.3 is 19.9 Å². The van der Waals surface area contributed by atoms with Gasteiger partial charge >= 0.3 is 12.4 Å². The molecule has 0 fully saturated rings. The van der Waals surface area contributed by atoms with E-state index < -0.39 is 35.1 Å². The Balaban J connectivity index is 0.000000554. The Kier molecular flexibility index (Phi) is 13.5. The number of allylic oxidation sites excluding steroid dienone is 1. The van der Waals surface area contributed by atoms with Crippen LogP contribution in [-0.2, 0) is 32.1 Å². The summed E-state index contributed by atoms with van der Waals surface area (Å²) in [6.07, 6.45) is -5.97. The molecule has 10 heteroatoms. The zero-order valence-electron chi connectivity index (χ0n) is 22.3. The largest absolute Gasteiger partial charge is 0.416 e. The molecule has 0 saturated heterocycles. The number of nitrogens with two attached hydrogens (primary N) is 1. The number of ether oxygens (including phenoxy) is 3. The Hall–Kier alpha value is -2.40. The Bertz CT molecular complexity index is 937. The molecule has 2 atom stereocenters. The summed E-state index contributed by atoms with van der Waals surface area (Å²) in [5.41, 5.74) is 2.99. The molecule has 214 valence electrons. The minimum atomic E-state index is -4.90. The minimum absolute atomic E-state index is 0.0544. The quantitative estimate of drug-likeness (QED) is 0.175. The van der Waals surface area contributed by atoms with Crippen LogP contribution in [0.2, 0.25) is 0 Å². The van der Waals surface area contributed by atoms with Gasteiger partial charge in [0.15, 0.2) is 6.29 Å². The second-order valence-electron chi connectivity index (χ2n) is 8.72. The van der Waals surface area contributed by atoms with Gasteiger partial charge in [0.2, 0.25) is 0 Å². The number of hydrogen-bond donors (Lipinski definition) is 1. The monoisotopic (exact) mass is 549 g/mol. The van der Waals surface area contributed by atoms with E-state index in [-0.39, 0.29) is 24.5 Å². The van der Waals surface area contributed by atoms with Gasteiger partial charge in [0.1, 0.15) is 0 Å². The number of benzene rings is 2. The van der Waals surface area contributed by atoms with E-state index in [1.807, 2.05) is 26.8 Å². The Morgan fingerprint density at radius 2 is 1.32 bits per heavy atom. The number of hydrogen-bond acceptors (Lipinski definition) is 4.